The number of hydrogen-bond acceptors (Lipinski definition) is 2. The second-order valence-corrected chi connectivity index (χ2v) is 5.89. The van der Waals surface area contributed by atoms with Gasteiger partial charge in [0.2, 0.25) is 0 Å². The van der Waals surface area contributed by atoms with Crippen molar-refractivity contribution in [2.75, 3.05) is 0 Å². The van der Waals surface area contributed by atoms with Gasteiger partial charge in [-0.1, -0.05) is 38.8 Å². The van der Waals surface area contributed by atoms with Gasteiger partial charge in [-0.05, 0) is 42.9 Å². The number of hydrogen-bond donors (Lipinski definition) is 2. The van der Waals surface area contributed by atoms with Gasteiger partial charge in [-0.15, -0.1) is 0 Å². The average molecular weight is 310 g/mol. The van der Waals surface area contributed by atoms with Crippen molar-refractivity contribution in [1.82, 2.24) is 0 Å². The minimum atomic E-state index is -4.48. The van der Waals surface area contributed by atoms with Crippen molar-refractivity contribution in [2.45, 2.75) is 52.4 Å². The second kappa shape index (κ2) is 9.99. The predicted octanol–water partition coefficient (Wildman–Crippen LogP) is 3.19. The van der Waals surface area contributed by atoms with E-state index < -0.39 is 7.82 Å². The summed E-state index contributed by atoms with van der Waals surface area (Å²) in [5.74, 6) is 0.307. The summed E-state index contributed by atoms with van der Waals surface area (Å²) in [6, 6.07) is 5.57. The topological polar surface area (TPSA) is 66.8 Å². The van der Waals surface area contributed by atoms with Crippen LogP contribution in [0.4, 0.5) is 0 Å². The van der Waals surface area contributed by atoms with E-state index >= 15 is 0 Å². The zero-order valence-electron chi connectivity index (χ0n) is 11.6. The maximum atomic E-state index is 11.0. The molecule has 0 bridgehead atoms. The zero-order valence-corrected chi connectivity index (χ0v) is 12.5. The Kier molecular flexibility index (Phi) is 10.1. The number of phosphoric ester groups is 1. The molecule has 4 nitrogen and oxygen atoms in total. The van der Waals surface area contributed by atoms with Crippen LogP contribution in [0.25, 0.3) is 0 Å². The molecular weight excluding hydrogens is 286 g/mol. The van der Waals surface area contributed by atoms with Crippen LogP contribution in [0.3, 0.4) is 0 Å². The Labute approximate surface area is 143 Å². The molecule has 0 fully saturated rings. The van der Waals surface area contributed by atoms with Gasteiger partial charge in [0, 0.05) is 0 Å². The summed E-state index contributed by atoms with van der Waals surface area (Å²) in [4.78, 5) is 17.8. The molecule has 1 aromatic rings. The summed E-state index contributed by atoms with van der Waals surface area (Å²) in [6.07, 6.45) is 6.04. The van der Waals surface area contributed by atoms with Crippen molar-refractivity contribution < 1.29 is 18.9 Å². The fourth-order valence-electron chi connectivity index (χ4n) is 1.95. The first kappa shape index (κ1) is 20.2. The van der Waals surface area contributed by atoms with E-state index in [1.165, 1.54) is 5.56 Å². The van der Waals surface area contributed by atoms with E-state index in [0.29, 0.717) is 5.75 Å². The van der Waals surface area contributed by atoms with Crippen LogP contribution in [0, 0.1) is 0 Å². The minimum absolute atomic E-state index is 0. The van der Waals surface area contributed by atoms with Crippen LogP contribution in [-0.2, 0) is 17.4 Å². The van der Waals surface area contributed by atoms with Gasteiger partial charge < -0.3 is 4.52 Å². The second-order valence-electron chi connectivity index (χ2n) is 4.73. The third-order valence-corrected chi connectivity index (χ3v) is 3.40. The van der Waals surface area contributed by atoms with Gasteiger partial charge in [-0.25, -0.2) is 4.57 Å². The van der Waals surface area contributed by atoms with Crippen molar-refractivity contribution in [1.29, 1.82) is 0 Å². The molecule has 0 heterocycles. The molecule has 0 saturated heterocycles. The number of phosphoric acid groups is 1. The van der Waals surface area contributed by atoms with Crippen molar-refractivity contribution >= 4 is 37.4 Å². The molecular formula is C14H24NaO4P. The van der Waals surface area contributed by atoms with Crippen LogP contribution in [0.5, 0.6) is 5.75 Å². The van der Waals surface area contributed by atoms with E-state index in [4.69, 9.17) is 14.3 Å². The van der Waals surface area contributed by atoms with Crippen LogP contribution in [0.15, 0.2) is 18.2 Å². The van der Waals surface area contributed by atoms with Crippen LogP contribution in [0.1, 0.15) is 50.7 Å². The SMILES string of the molecule is CCCCc1ccc(OP(=O)(O)O)c(CCCC)c1.[NaH]. The van der Waals surface area contributed by atoms with Crippen molar-refractivity contribution in [3.8, 4) is 5.75 Å². The molecule has 1 aromatic carbocycles. The van der Waals surface area contributed by atoms with Crippen LogP contribution < -0.4 is 4.52 Å². The molecule has 0 saturated carbocycles. The summed E-state index contributed by atoms with van der Waals surface area (Å²) in [6.45, 7) is 4.23. The van der Waals surface area contributed by atoms with E-state index in [1.807, 2.05) is 12.1 Å². The van der Waals surface area contributed by atoms with Crippen LogP contribution in [0.2, 0.25) is 0 Å². The van der Waals surface area contributed by atoms with Gasteiger partial charge in [-0.2, -0.15) is 0 Å². The summed E-state index contributed by atoms with van der Waals surface area (Å²) >= 11 is 0. The van der Waals surface area contributed by atoms with E-state index in [9.17, 15) is 4.57 Å². The molecule has 0 spiro atoms. The Bertz CT molecular complexity index is 445. The molecule has 0 unspecified atom stereocenters. The van der Waals surface area contributed by atoms with Crippen molar-refractivity contribution in [3.05, 3.63) is 29.3 Å². The Balaban J connectivity index is 0.00000361. The number of benzene rings is 1. The average Bonchev–Trinajstić information content (AvgIpc) is 2.34. The number of unbranched alkanes of at least 4 members (excludes halogenated alkanes) is 2. The fraction of sp³-hybridized carbons (Fsp3) is 0.571. The summed E-state index contributed by atoms with van der Waals surface area (Å²) in [5.41, 5.74) is 2.09. The van der Waals surface area contributed by atoms with E-state index in [-0.39, 0.29) is 29.6 Å². The van der Waals surface area contributed by atoms with E-state index in [0.717, 1.165) is 44.1 Å². The fourth-order valence-corrected chi connectivity index (χ4v) is 2.38. The third kappa shape index (κ3) is 7.82. The maximum absolute atomic E-state index is 11.0. The Morgan fingerprint density at radius 1 is 1.10 bits per heavy atom. The van der Waals surface area contributed by atoms with Crippen molar-refractivity contribution in [3.63, 3.8) is 0 Å². The standard InChI is InChI=1S/C14H23O4P.Na.H/c1-3-5-7-12-9-10-14(18-19(15,16)17)13(11-12)8-6-4-2;;/h9-11H,3-8H2,1-2H3,(H2,15,16,17);;. The Morgan fingerprint density at radius 2 is 1.70 bits per heavy atom. The molecule has 1 rings (SSSR count). The molecule has 110 valence electrons. The third-order valence-electron chi connectivity index (χ3n) is 2.96. The molecule has 0 aliphatic rings. The Hall–Kier alpha value is 0.170. The van der Waals surface area contributed by atoms with Gasteiger partial charge in [-0.3, -0.25) is 9.79 Å². The molecule has 20 heavy (non-hydrogen) atoms. The Morgan fingerprint density at radius 3 is 2.25 bits per heavy atom. The summed E-state index contributed by atoms with van der Waals surface area (Å²) in [5, 5.41) is 0. The van der Waals surface area contributed by atoms with E-state index in [1.54, 1.807) is 6.07 Å². The van der Waals surface area contributed by atoms with E-state index in [2.05, 4.69) is 13.8 Å². The molecule has 0 aliphatic heterocycles. The quantitative estimate of drug-likeness (QED) is 0.571. The van der Waals surface area contributed by atoms with Crippen molar-refractivity contribution in [2.24, 2.45) is 0 Å². The normalized spacial score (nSPS) is 11.0. The van der Waals surface area contributed by atoms with Crippen LogP contribution in [-0.4, -0.2) is 39.3 Å². The van der Waals surface area contributed by atoms with Gasteiger partial charge in [0.1, 0.15) is 5.75 Å². The molecule has 0 aromatic heterocycles. The molecule has 0 atom stereocenters. The molecule has 0 aliphatic carbocycles. The monoisotopic (exact) mass is 310 g/mol. The predicted molar refractivity (Wildman–Crippen MR) is 83.5 cm³/mol. The summed E-state index contributed by atoms with van der Waals surface area (Å²) in [7, 11) is -4.48. The van der Waals surface area contributed by atoms with Gasteiger partial charge in [0.05, 0.1) is 0 Å². The zero-order chi connectivity index (χ0) is 14.3. The summed E-state index contributed by atoms with van der Waals surface area (Å²) < 4.78 is 15.7. The van der Waals surface area contributed by atoms with Gasteiger partial charge in [0.15, 0.2) is 0 Å². The van der Waals surface area contributed by atoms with Gasteiger partial charge in [0.25, 0.3) is 0 Å². The van der Waals surface area contributed by atoms with Gasteiger partial charge >= 0.3 is 37.4 Å². The first-order valence-electron chi connectivity index (χ1n) is 6.83. The number of rotatable bonds is 8. The number of aryl methyl sites for hydroxylation is 2. The first-order chi connectivity index (χ1) is 8.96. The molecule has 2 N–H and O–H groups in total. The molecule has 0 radical (unpaired) electrons. The molecule has 6 heteroatoms. The van der Waals surface area contributed by atoms with Crippen LogP contribution >= 0.6 is 7.82 Å². The first-order valence-corrected chi connectivity index (χ1v) is 8.36. The molecule has 0 amide bonds.